The number of fused-ring (bicyclic) bond motifs is 1. The van der Waals surface area contributed by atoms with E-state index in [-0.39, 0.29) is 18.7 Å². The number of nitrogens with zero attached hydrogens (tertiary/aromatic N) is 1. The van der Waals surface area contributed by atoms with Crippen molar-refractivity contribution < 1.29 is 9.90 Å². The van der Waals surface area contributed by atoms with Crippen LogP contribution in [0.1, 0.15) is 18.9 Å². The number of hydrogen-bond donors (Lipinski definition) is 3. The number of amides is 2. The summed E-state index contributed by atoms with van der Waals surface area (Å²) in [7, 11) is 2.05. The van der Waals surface area contributed by atoms with E-state index in [1.54, 1.807) is 0 Å². The van der Waals surface area contributed by atoms with E-state index < -0.39 is 0 Å². The predicted molar refractivity (Wildman–Crippen MR) is 76.7 cm³/mol. The Bertz CT molecular complexity index is 462. The zero-order valence-electron chi connectivity index (χ0n) is 11.4. The quantitative estimate of drug-likeness (QED) is 0.772. The molecular formula is C14H21N3O2. The monoisotopic (exact) mass is 263 g/mol. The van der Waals surface area contributed by atoms with Crippen molar-refractivity contribution in [3.05, 3.63) is 23.8 Å². The van der Waals surface area contributed by atoms with Gasteiger partial charge in [0.15, 0.2) is 0 Å². The minimum Gasteiger partial charge on any atom is -0.396 e. The van der Waals surface area contributed by atoms with Gasteiger partial charge < -0.3 is 20.6 Å². The molecule has 0 bridgehead atoms. The van der Waals surface area contributed by atoms with Crippen LogP contribution >= 0.6 is 0 Å². The summed E-state index contributed by atoms with van der Waals surface area (Å²) in [5.41, 5.74) is 3.30. The highest BCUT2D eigenvalue weighted by Gasteiger charge is 2.16. The Hall–Kier alpha value is -1.75. The summed E-state index contributed by atoms with van der Waals surface area (Å²) in [6.07, 6.45) is 1.62. The van der Waals surface area contributed by atoms with Crippen LogP contribution in [0.5, 0.6) is 0 Å². The minimum absolute atomic E-state index is 0.0397. The van der Waals surface area contributed by atoms with Gasteiger partial charge in [0.05, 0.1) is 0 Å². The Morgan fingerprint density at radius 3 is 3.05 bits per heavy atom. The number of anilines is 2. The van der Waals surface area contributed by atoms with E-state index in [2.05, 4.69) is 28.6 Å². The number of hydrogen-bond acceptors (Lipinski definition) is 3. The van der Waals surface area contributed by atoms with Gasteiger partial charge in [-0.2, -0.15) is 0 Å². The van der Waals surface area contributed by atoms with Gasteiger partial charge in [0.25, 0.3) is 0 Å². The van der Waals surface area contributed by atoms with Crippen molar-refractivity contribution in [2.75, 3.05) is 30.4 Å². The van der Waals surface area contributed by atoms with E-state index >= 15 is 0 Å². The van der Waals surface area contributed by atoms with Crippen LogP contribution < -0.4 is 15.5 Å². The Morgan fingerprint density at radius 1 is 1.53 bits per heavy atom. The molecule has 3 N–H and O–H groups in total. The van der Waals surface area contributed by atoms with Gasteiger partial charge in [-0.1, -0.05) is 6.07 Å². The van der Waals surface area contributed by atoms with Crippen molar-refractivity contribution in [1.82, 2.24) is 5.32 Å². The number of rotatable bonds is 4. The first-order valence-corrected chi connectivity index (χ1v) is 6.62. The average molecular weight is 263 g/mol. The summed E-state index contributed by atoms with van der Waals surface area (Å²) in [5, 5.41) is 14.4. The fourth-order valence-electron chi connectivity index (χ4n) is 2.27. The molecule has 0 aromatic heterocycles. The Balaban J connectivity index is 1.96. The van der Waals surface area contributed by atoms with Crippen LogP contribution in [-0.2, 0) is 6.42 Å². The lowest BCUT2D eigenvalue weighted by atomic mass is 10.1. The fraction of sp³-hybridized carbons (Fsp3) is 0.500. The molecule has 1 aromatic carbocycles. The van der Waals surface area contributed by atoms with Gasteiger partial charge in [-0.3, -0.25) is 0 Å². The molecule has 1 aliphatic rings. The summed E-state index contributed by atoms with van der Waals surface area (Å²) in [6, 6.07) is 5.71. The zero-order valence-corrected chi connectivity index (χ0v) is 11.4. The Labute approximate surface area is 113 Å². The van der Waals surface area contributed by atoms with Crippen LogP contribution in [0.15, 0.2) is 18.2 Å². The second kappa shape index (κ2) is 5.93. The van der Waals surface area contributed by atoms with Gasteiger partial charge in [-0.05, 0) is 37.5 Å². The molecule has 2 amide bonds. The number of urea groups is 1. The number of likely N-dealkylation sites (N-methyl/N-ethyl adjacent to an activating group) is 1. The van der Waals surface area contributed by atoms with Gasteiger partial charge in [0.1, 0.15) is 0 Å². The van der Waals surface area contributed by atoms with Crippen LogP contribution in [0.3, 0.4) is 0 Å². The van der Waals surface area contributed by atoms with Crippen LogP contribution in [-0.4, -0.2) is 37.4 Å². The lowest BCUT2D eigenvalue weighted by Gasteiger charge is -2.15. The van der Waals surface area contributed by atoms with E-state index in [9.17, 15) is 4.79 Å². The van der Waals surface area contributed by atoms with Crippen LogP contribution in [0.4, 0.5) is 16.2 Å². The van der Waals surface area contributed by atoms with E-state index in [4.69, 9.17) is 5.11 Å². The first-order valence-electron chi connectivity index (χ1n) is 6.62. The first kappa shape index (κ1) is 13.7. The predicted octanol–water partition coefficient (Wildman–Crippen LogP) is 1.57. The largest absolute Gasteiger partial charge is 0.396 e. The number of benzene rings is 1. The standard InChI is InChI=1S/C14H21N3O2/c1-10(6-8-18)15-14(19)16-12-4-3-11-5-7-17(2)13(11)9-12/h3-4,9-10,18H,5-8H2,1-2H3,(H2,15,16,19)/t10-/m1/s1. The highest BCUT2D eigenvalue weighted by molar-refractivity contribution is 5.90. The molecule has 5 nitrogen and oxygen atoms in total. The lowest BCUT2D eigenvalue weighted by Crippen LogP contribution is -2.36. The SMILES string of the molecule is C[C@H](CCO)NC(=O)Nc1ccc2c(c1)N(C)CC2. The zero-order chi connectivity index (χ0) is 13.8. The highest BCUT2D eigenvalue weighted by atomic mass is 16.3. The van der Waals surface area contributed by atoms with E-state index in [1.807, 2.05) is 19.1 Å². The normalized spacial score (nSPS) is 15.0. The third-order valence-corrected chi connectivity index (χ3v) is 3.41. The van der Waals surface area contributed by atoms with Gasteiger partial charge in [-0.25, -0.2) is 4.79 Å². The molecule has 0 fully saturated rings. The maximum atomic E-state index is 11.8. The Morgan fingerprint density at radius 2 is 2.32 bits per heavy atom. The van der Waals surface area contributed by atoms with Crippen molar-refractivity contribution in [3.63, 3.8) is 0 Å². The van der Waals surface area contributed by atoms with Gasteiger partial charge in [-0.15, -0.1) is 0 Å². The fourth-order valence-corrected chi connectivity index (χ4v) is 2.27. The third-order valence-electron chi connectivity index (χ3n) is 3.41. The average Bonchev–Trinajstić information content (AvgIpc) is 2.71. The summed E-state index contributed by atoms with van der Waals surface area (Å²) in [6.45, 7) is 2.97. The summed E-state index contributed by atoms with van der Waals surface area (Å²) in [4.78, 5) is 13.9. The molecule has 0 unspecified atom stereocenters. The van der Waals surface area contributed by atoms with Gasteiger partial charge in [0, 0.05) is 37.6 Å². The number of nitrogens with one attached hydrogen (secondary N) is 2. The molecule has 1 aromatic rings. The minimum atomic E-state index is -0.235. The van der Waals surface area contributed by atoms with Crippen LogP contribution in [0, 0.1) is 0 Å². The maximum Gasteiger partial charge on any atom is 0.319 e. The summed E-state index contributed by atoms with van der Waals surface area (Å²) >= 11 is 0. The van der Waals surface area contributed by atoms with E-state index in [0.29, 0.717) is 6.42 Å². The van der Waals surface area contributed by atoms with Crippen molar-refractivity contribution >= 4 is 17.4 Å². The molecular weight excluding hydrogens is 242 g/mol. The summed E-state index contributed by atoms with van der Waals surface area (Å²) < 4.78 is 0. The summed E-state index contributed by atoms with van der Waals surface area (Å²) in [5.74, 6) is 0. The topological polar surface area (TPSA) is 64.6 Å². The number of aliphatic hydroxyl groups is 1. The van der Waals surface area contributed by atoms with Crippen molar-refractivity contribution in [1.29, 1.82) is 0 Å². The second-order valence-electron chi connectivity index (χ2n) is 5.03. The molecule has 2 rings (SSSR count). The second-order valence-corrected chi connectivity index (χ2v) is 5.03. The highest BCUT2D eigenvalue weighted by Crippen LogP contribution is 2.29. The van der Waals surface area contributed by atoms with Crippen LogP contribution in [0.2, 0.25) is 0 Å². The van der Waals surface area contributed by atoms with E-state index in [1.165, 1.54) is 11.3 Å². The molecule has 1 heterocycles. The van der Waals surface area contributed by atoms with Crippen molar-refractivity contribution in [3.8, 4) is 0 Å². The molecule has 19 heavy (non-hydrogen) atoms. The third kappa shape index (κ3) is 3.38. The lowest BCUT2D eigenvalue weighted by molar-refractivity contribution is 0.241. The van der Waals surface area contributed by atoms with Gasteiger partial charge >= 0.3 is 6.03 Å². The van der Waals surface area contributed by atoms with Crippen molar-refractivity contribution in [2.24, 2.45) is 0 Å². The van der Waals surface area contributed by atoms with Gasteiger partial charge in [0.2, 0.25) is 0 Å². The molecule has 0 aliphatic carbocycles. The Kier molecular flexibility index (Phi) is 4.27. The molecule has 5 heteroatoms. The number of carbonyl (C=O) groups is 1. The smallest absolute Gasteiger partial charge is 0.319 e. The molecule has 0 saturated heterocycles. The number of carbonyl (C=O) groups excluding carboxylic acids is 1. The van der Waals surface area contributed by atoms with E-state index in [0.717, 1.165) is 18.7 Å². The molecule has 104 valence electrons. The molecule has 0 saturated carbocycles. The number of aliphatic hydroxyl groups excluding tert-OH is 1. The molecule has 0 radical (unpaired) electrons. The maximum absolute atomic E-state index is 11.8. The molecule has 0 spiro atoms. The first-order chi connectivity index (χ1) is 9.10. The molecule has 1 atom stereocenters. The molecule has 1 aliphatic heterocycles. The van der Waals surface area contributed by atoms with Crippen molar-refractivity contribution in [2.45, 2.75) is 25.8 Å². The van der Waals surface area contributed by atoms with Crippen LogP contribution in [0.25, 0.3) is 0 Å².